The van der Waals surface area contributed by atoms with E-state index in [1.54, 1.807) is 0 Å². The number of aromatic amines is 1. The summed E-state index contributed by atoms with van der Waals surface area (Å²) in [5.74, 6) is 1.25. The molecule has 172 valence electrons. The molecule has 1 amide bonds. The lowest BCUT2D eigenvalue weighted by Crippen LogP contribution is -2.43. The molecule has 1 aliphatic carbocycles. The SMILES string of the molecule is CC(C)(C)OC(=O)N1C2CCC(C2)C1c1nc2ccc(B3OC(C)(C)C(C)(C)O3)cc2[nH]1. The molecule has 2 aliphatic heterocycles. The van der Waals surface area contributed by atoms with Gasteiger partial charge in [0.2, 0.25) is 0 Å². The van der Waals surface area contributed by atoms with Gasteiger partial charge in [-0.05, 0) is 91.2 Å². The molecular weight excluding hydrogens is 405 g/mol. The Bertz CT molecular complexity index is 1040. The van der Waals surface area contributed by atoms with Crippen molar-refractivity contribution in [3.63, 3.8) is 0 Å². The van der Waals surface area contributed by atoms with Gasteiger partial charge in [0.1, 0.15) is 11.4 Å². The normalized spacial score (nSPS) is 28.7. The topological polar surface area (TPSA) is 76.7 Å². The number of fused-ring (bicyclic) bond motifs is 3. The molecule has 0 radical (unpaired) electrons. The number of aromatic nitrogens is 2. The first-order chi connectivity index (χ1) is 14.8. The van der Waals surface area contributed by atoms with Gasteiger partial charge in [0.15, 0.2) is 0 Å². The lowest BCUT2D eigenvalue weighted by atomic mass is 9.79. The predicted molar refractivity (Wildman–Crippen MR) is 124 cm³/mol. The number of imidazole rings is 1. The van der Waals surface area contributed by atoms with E-state index in [0.717, 1.165) is 41.6 Å². The number of H-pyrrole nitrogens is 1. The van der Waals surface area contributed by atoms with E-state index >= 15 is 0 Å². The van der Waals surface area contributed by atoms with Crippen molar-refractivity contribution in [3.05, 3.63) is 24.0 Å². The van der Waals surface area contributed by atoms with Crippen LogP contribution >= 0.6 is 0 Å². The zero-order valence-corrected chi connectivity index (χ0v) is 20.2. The van der Waals surface area contributed by atoms with Crippen LogP contribution in [0.1, 0.15) is 79.6 Å². The fourth-order valence-corrected chi connectivity index (χ4v) is 5.23. The lowest BCUT2D eigenvalue weighted by Gasteiger charge is -2.35. The number of rotatable bonds is 2. The first-order valence-electron chi connectivity index (χ1n) is 11.7. The molecule has 2 saturated heterocycles. The Morgan fingerprint density at radius 2 is 1.88 bits per heavy atom. The molecule has 1 aromatic heterocycles. The van der Waals surface area contributed by atoms with Crippen molar-refractivity contribution in [3.8, 4) is 0 Å². The largest absolute Gasteiger partial charge is 0.494 e. The molecule has 8 heteroatoms. The van der Waals surface area contributed by atoms with Crippen LogP contribution in [0.25, 0.3) is 11.0 Å². The van der Waals surface area contributed by atoms with Crippen LogP contribution in [0.5, 0.6) is 0 Å². The summed E-state index contributed by atoms with van der Waals surface area (Å²) < 4.78 is 18.2. The molecule has 3 aliphatic rings. The summed E-state index contributed by atoms with van der Waals surface area (Å²) in [7, 11) is -0.420. The van der Waals surface area contributed by atoms with Crippen molar-refractivity contribution in [1.29, 1.82) is 0 Å². The van der Waals surface area contributed by atoms with Crippen LogP contribution in [-0.2, 0) is 14.0 Å². The monoisotopic (exact) mass is 439 g/mol. The van der Waals surface area contributed by atoms with Crippen molar-refractivity contribution in [2.45, 2.75) is 96.6 Å². The summed E-state index contributed by atoms with van der Waals surface area (Å²) in [6.07, 6.45) is 2.92. The summed E-state index contributed by atoms with van der Waals surface area (Å²) in [6, 6.07) is 6.23. The van der Waals surface area contributed by atoms with Gasteiger partial charge in [-0.2, -0.15) is 0 Å². The number of nitrogens with zero attached hydrogens (tertiary/aromatic N) is 2. The number of hydrogen-bond acceptors (Lipinski definition) is 5. The lowest BCUT2D eigenvalue weighted by molar-refractivity contribution is 0.00578. The van der Waals surface area contributed by atoms with E-state index in [-0.39, 0.29) is 29.4 Å². The Kier molecular flexibility index (Phi) is 4.74. The Balaban J connectivity index is 1.44. The molecule has 1 aromatic carbocycles. The number of carbonyl (C=O) groups excluding carboxylic acids is 1. The fourth-order valence-electron chi connectivity index (χ4n) is 5.23. The van der Waals surface area contributed by atoms with E-state index in [1.165, 1.54) is 0 Å². The van der Waals surface area contributed by atoms with Gasteiger partial charge in [-0.15, -0.1) is 0 Å². The van der Waals surface area contributed by atoms with E-state index in [0.29, 0.717) is 5.92 Å². The summed E-state index contributed by atoms with van der Waals surface area (Å²) in [4.78, 5) is 23.3. The van der Waals surface area contributed by atoms with Gasteiger partial charge < -0.3 is 19.0 Å². The summed E-state index contributed by atoms with van der Waals surface area (Å²) in [5.41, 5.74) is 1.48. The quantitative estimate of drug-likeness (QED) is 0.706. The number of hydrogen-bond donors (Lipinski definition) is 1. The van der Waals surface area contributed by atoms with Gasteiger partial charge in [-0.3, -0.25) is 4.90 Å². The number of ether oxygens (including phenoxy) is 1. The molecule has 3 unspecified atom stereocenters. The molecule has 3 fully saturated rings. The highest BCUT2D eigenvalue weighted by Gasteiger charge is 2.52. The third-order valence-corrected chi connectivity index (χ3v) is 7.52. The molecule has 0 spiro atoms. The number of benzene rings is 1. The van der Waals surface area contributed by atoms with Gasteiger partial charge in [0.25, 0.3) is 0 Å². The van der Waals surface area contributed by atoms with Gasteiger partial charge in [0, 0.05) is 6.04 Å². The van der Waals surface area contributed by atoms with Crippen LogP contribution < -0.4 is 5.46 Å². The first-order valence-corrected chi connectivity index (χ1v) is 11.7. The van der Waals surface area contributed by atoms with E-state index in [2.05, 4.69) is 38.7 Å². The fraction of sp³-hybridized carbons (Fsp3) is 0.667. The average molecular weight is 439 g/mol. The minimum absolute atomic E-state index is 0.0729. The highest BCUT2D eigenvalue weighted by Crippen LogP contribution is 2.50. The molecule has 2 bridgehead atoms. The number of amides is 1. The van der Waals surface area contributed by atoms with Crippen molar-refractivity contribution in [1.82, 2.24) is 14.9 Å². The Labute approximate surface area is 190 Å². The summed E-state index contributed by atoms with van der Waals surface area (Å²) >= 11 is 0. The van der Waals surface area contributed by atoms with Gasteiger partial charge in [-0.25, -0.2) is 9.78 Å². The van der Waals surface area contributed by atoms with E-state index < -0.39 is 12.7 Å². The maximum atomic E-state index is 13.0. The van der Waals surface area contributed by atoms with Crippen molar-refractivity contribution in [2.24, 2.45) is 5.92 Å². The van der Waals surface area contributed by atoms with E-state index in [4.69, 9.17) is 19.0 Å². The second kappa shape index (κ2) is 6.97. The smallest absolute Gasteiger partial charge is 0.444 e. The maximum Gasteiger partial charge on any atom is 0.494 e. The summed E-state index contributed by atoms with van der Waals surface area (Å²) in [5, 5.41) is 0. The molecule has 5 rings (SSSR count). The molecular formula is C24H34BN3O4. The Morgan fingerprint density at radius 3 is 2.53 bits per heavy atom. The molecule has 1 N–H and O–H groups in total. The van der Waals surface area contributed by atoms with E-state index in [1.807, 2.05) is 37.8 Å². The second-order valence-corrected chi connectivity index (χ2v) is 11.5. The number of nitrogens with one attached hydrogen (secondary N) is 1. The van der Waals surface area contributed by atoms with Crippen LogP contribution in [0, 0.1) is 5.92 Å². The molecule has 3 heterocycles. The highest BCUT2D eigenvalue weighted by molar-refractivity contribution is 6.62. The molecule has 32 heavy (non-hydrogen) atoms. The zero-order valence-electron chi connectivity index (χ0n) is 20.2. The number of piperidine rings is 1. The van der Waals surface area contributed by atoms with Gasteiger partial charge in [-0.1, -0.05) is 6.07 Å². The minimum Gasteiger partial charge on any atom is -0.444 e. The molecule has 1 saturated carbocycles. The Morgan fingerprint density at radius 1 is 1.19 bits per heavy atom. The third kappa shape index (κ3) is 3.52. The van der Waals surface area contributed by atoms with Crippen LogP contribution in [0.2, 0.25) is 0 Å². The minimum atomic E-state index is -0.519. The standard InChI is InChI=1S/C24H34BN3O4/c1-22(2,3)30-21(29)28-16-10-8-14(12-16)19(28)20-26-17-11-9-15(13-18(17)27-20)25-31-23(4,5)24(6,7)32-25/h9,11,13-14,16,19H,8,10,12H2,1-7H3,(H,26,27). The second-order valence-electron chi connectivity index (χ2n) is 11.5. The third-order valence-electron chi connectivity index (χ3n) is 7.52. The summed E-state index contributed by atoms with van der Waals surface area (Å²) in [6.45, 7) is 14.0. The highest BCUT2D eigenvalue weighted by atomic mass is 16.7. The van der Waals surface area contributed by atoms with Crippen molar-refractivity contribution < 1.29 is 18.8 Å². The van der Waals surface area contributed by atoms with Crippen LogP contribution in [0.3, 0.4) is 0 Å². The Hall–Kier alpha value is -2.06. The van der Waals surface area contributed by atoms with Crippen LogP contribution in [-0.4, -0.2) is 50.9 Å². The zero-order chi connectivity index (χ0) is 23.1. The maximum absolute atomic E-state index is 13.0. The van der Waals surface area contributed by atoms with Gasteiger partial charge >= 0.3 is 13.2 Å². The van der Waals surface area contributed by atoms with Gasteiger partial charge in [0.05, 0.1) is 28.3 Å². The van der Waals surface area contributed by atoms with Crippen LogP contribution in [0.4, 0.5) is 4.79 Å². The van der Waals surface area contributed by atoms with E-state index in [9.17, 15) is 4.79 Å². The van der Waals surface area contributed by atoms with Crippen molar-refractivity contribution >= 4 is 29.7 Å². The first kappa shape index (κ1) is 21.8. The van der Waals surface area contributed by atoms with Crippen LogP contribution in [0.15, 0.2) is 18.2 Å². The molecule has 7 nitrogen and oxygen atoms in total. The van der Waals surface area contributed by atoms with Crippen molar-refractivity contribution in [2.75, 3.05) is 0 Å². The average Bonchev–Trinajstić information content (AvgIpc) is 3.41. The number of likely N-dealkylation sites (tertiary alicyclic amines) is 1. The predicted octanol–water partition coefficient (Wildman–Crippen LogP) is 4.32. The number of carbonyl (C=O) groups is 1. The molecule has 2 aromatic rings. The molecule has 3 atom stereocenters.